The number of alkyl halides is 3. The molecule has 7 heteroatoms. The number of ether oxygens (including phenoxy) is 1. The van der Waals surface area contributed by atoms with Crippen LogP contribution >= 0.6 is 0 Å². The molecule has 0 bridgehead atoms. The van der Waals surface area contributed by atoms with Gasteiger partial charge in [0.15, 0.2) is 5.78 Å². The first-order valence-electron chi connectivity index (χ1n) is 6.63. The number of carbonyl (C=O) groups excluding carboxylic acids is 2. The molecule has 0 atom stereocenters. The Hall–Kier alpha value is -2.70. The average molecular weight is 323 g/mol. The van der Waals surface area contributed by atoms with Crippen molar-refractivity contribution in [2.45, 2.75) is 19.2 Å². The number of aromatic nitrogens is 1. The van der Waals surface area contributed by atoms with Crippen LogP contribution in [0.5, 0.6) is 5.88 Å². The van der Waals surface area contributed by atoms with Crippen molar-refractivity contribution in [1.29, 1.82) is 0 Å². The Morgan fingerprint density at radius 3 is 2.39 bits per heavy atom. The summed E-state index contributed by atoms with van der Waals surface area (Å²) < 4.78 is 42.1. The molecule has 0 radical (unpaired) electrons. The van der Waals surface area contributed by atoms with Crippen molar-refractivity contribution in [1.82, 2.24) is 4.98 Å². The highest BCUT2D eigenvalue weighted by Gasteiger charge is 2.39. The van der Waals surface area contributed by atoms with Crippen LogP contribution in [0.25, 0.3) is 0 Å². The summed E-state index contributed by atoms with van der Waals surface area (Å²) in [6.45, 7) is 0.103. The largest absolute Gasteiger partial charge is 0.472 e. The smallest absolute Gasteiger partial charge is 0.450 e. The van der Waals surface area contributed by atoms with Gasteiger partial charge >= 0.3 is 6.18 Å². The summed E-state index contributed by atoms with van der Waals surface area (Å²) >= 11 is 0. The van der Waals surface area contributed by atoms with Crippen molar-refractivity contribution < 1.29 is 27.5 Å². The van der Waals surface area contributed by atoms with E-state index in [4.69, 9.17) is 4.74 Å². The lowest BCUT2D eigenvalue weighted by atomic mass is 10.1. The fraction of sp³-hybridized carbons (Fsp3) is 0.188. The summed E-state index contributed by atoms with van der Waals surface area (Å²) in [5.41, 5.74) is 0.656. The van der Waals surface area contributed by atoms with Crippen LogP contribution in [0, 0.1) is 0 Å². The fourth-order valence-electron chi connectivity index (χ4n) is 1.79. The van der Waals surface area contributed by atoms with E-state index < -0.39 is 24.2 Å². The third-order valence-electron chi connectivity index (χ3n) is 2.93. The minimum absolute atomic E-state index is 0.101. The molecule has 2 aromatic rings. The van der Waals surface area contributed by atoms with E-state index in [1.54, 1.807) is 24.3 Å². The van der Waals surface area contributed by atoms with Crippen molar-refractivity contribution >= 4 is 11.6 Å². The van der Waals surface area contributed by atoms with E-state index in [0.717, 1.165) is 5.56 Å². The molecule has 2 rings (SSSR count). The number of hydrogen-bond donors (Lipinski definition) is 0. The molecule has 0 fully saturated rings. The lowest BCUT2D eigenvalue weighted by molar-refractivity contribution is -0.170. The monoisotopic (exact) mass is 323 g/mol. The summed E-state index contributed by atoms with van der Waals surface area (Å²) in [6, 6.07) is 11.7. The van der Waals surface area contributed by atoms with Crippen LogP contribution in [0.1, 0.15) is 22.3 Å². The van der Waals surface area contributed by atoms with Crippen molar-refractivity contribution in [2.75, 3.05) is 0 Å². The number of pyridine rings is 1. The molecule has 0 N–H and O–H groups in total. The summed E-state index contributed by atoms with van der Waals surface area (Å²) in [5.74, 6) is -3.18. The predicted molar refractivity (Wildman–Crippen MR) is 75.0 cm³/mol. The maximum Gasteiger partial charge on any atom is 0.450 e. The second-order valence-electron chi connectivity index (χ2n) is 4.65. The van der Waals surface area contributed by atoms with Gasteiger partial charge in [0.2, 0.25) is 11.7 Å². The van der Waals surface area contributed by atoms with Crippen LogP contribution in [0.4, 0.5) is 13.2 Å². The minimum atomic E-state index is -5.04. The number of rotatable bonds is 6. The molecule has 0 saturated heterocycles. The molecule has 0 aliphatic heterocycles. The average Bonchev–Trinajstić information content (AvgIpc) is 2.53. The summed E-state index contributed by atoms with van der Waals surface area (Å²) in [4.78, 5) is 26.7. The van der Waals surface area contributed by atoms with Crippen LogP contribution in [-0.4, -0.2) is 22.7 Å². The molecule has 23 heavy (non-hydrogen) atoms. The zero-order valence-corrected chi connectivity index (χ0v) is 11.8. The molecule has 0 aliphatic rings. The lowest BCUT2D eigenvalue weighted by Gasteiger charge is -2.10. The Balaban J connectivity index is 2.11. The molecular weight excluding hydrogens is 311 g/mol. The number of nitrogens with zero attached hydrogens (tertiary/aromatic N) is 1. The highest BCUT2D eigenvalue weighted by molar-refractivity contribution is 6.10. The zero-order valence-electron chi connectivity index (χ0n) is 11.8. The van der Waals surface area contributed by atoms with E-state index in [1.165, 1.54) is 18.3 Å². The SMILES string of the molecule is O=C(CC(=O)C(F)(F)F)c1cccnc1OCc1ccccc1. The topological polar surface area (TPSA) is 56.3 Å². The minimum Gasteiger partial charge on any atom is -0.472 e. The number of Topliss-reactive ketones (excluding diaryl/α,β-unsaturated/α-hetero) is 2. The first-order chi connectivity index (χ1) is 10.9. The first-order valence-corrected chi connectivity index (χ1v) is 6.63. The van der Waals surface area contributed by atoms with Gasteiger partial charge in [-0.1, -0.05) is 30.3 Å². The molecule has 1 aromatic heterocycles. The van der Waals surface area contributed by atoms with E-state index in [2.05, 4.69) is 4.98 Å². The third kappa shape index (κ3) is 4.64. The van der Waals surface area contributed by atoms with Crippen LogP contribution in [0.15, 0.2) is 48.7 Å². The second-order valence-corrected chi connectivity index (χ2v) is 4.65. The molecule has 4 nitrogen and oxygen atoms in total. The number of halogens is 3. The lowest BCUT2D eigenvalue weighted by Crippen LogP contribution is -2.25. The van der Waals surface area contributed by atoms with Gasteiger partial charge in [-0.05, 0) is 17.7 Å². The van der Waals surface area contributed by atoms with Gasteiger partial charge in [0.25, 0.3) is 0 Å². The first kappa shape index (κ1) is 16.7. The van der Waals surface area contributed by atoms with Gasteiger partial charge < -0.3 is 4.74 Å². The Labute approximate surface area is 129 Å². The maximum absolute atomic E-state index is 12.2. The van der Waals surface area contributed by atoms with E-state index in [0.29, 0.717) is 0 Å². The maximum atomic E-state index is 12.2. The van der Waals surface area contributed by atoms with E-state index >= 15 is 0 Å². The van der Waals surface area contributed by atoms with Gasteiger partial charge in [-0.3, -0.25) is 9.59 Å². The zero-order chi connectivity index (χ0) is 16.9. The highest BCUT2D eigenvalue weighted by Crippen LogP contribution is 2.22. The number of ketones is 2. The van der Waals surface area contributed by atoms with Gasteiger partial charge in [-0.15, -0.1) is 0 Å². The standard InChI is InChI=1S/C16H12F3NO3/c17-16(18,19)14(22)9-13(21)12-7-4-8-20-15(12)23-10-11-5-2-1-3-6-11/h1-8H,9-10H2. The Bertz CT molecular complexity index is 699. The van der Waals surface area contributed by atoms with E-state index in [-0.39, 0.29) is 18.1 Å². The predicted octanol–water partition coefficient (Wildman–Crippen LogP) is 3.36. The summed E-state index contributed by atoms with van der Waals surface area (Å²) in [6.07, 6.45) is -4.96. The summed E-state index contributed by atoms with van der Waals surface area (Å²) in [5, 5.41) is 0. The van der Waals surface area contributed by atoms with Gasteiger partial charge in [0.05, 0.1) is 12.0 Å². The van der Waals surface area contributed by atoms with Gasteiger partial charge in [-0.25, -0.2) is 4.98 Å². The molecule has 0 aliphatic carbocycles. The molecule has 0 unspecified atom stereocenters. The molecule has 0 spiro atoms. The normalized spacial score (nSPS) is 11.1. The Morgan fingerprint density at radius 1 is 1.04 bits per heavy atom. The van der Waals surface area contributed by atoms with Crippen LogP contribution in [0.2, 0.25) is 0 Å². The van der Waals surface area contributed by atoms with Crippen molar-refractivity contribution in [3.05, 3.63) is 59.8 Å². The molecule has 1 aromatic carbocycles. The van der Waals surface area contributed by atoms with Crippen LogP contribution in [0.3, 0.4) is 0 Å². The van der Waals surface area contributed by atoms with Gasteiger partial charge in [0, 0.05) is 6.20 Å². The van der Waals surface area contributed by atoms with Gasteiger partial charge in [0.1, 0.15) is 6.61 Å². The van der Waals surface area contributed by atoms with Crippen molar-refractivity contribution in [3.63, 3.8) is 0 Å². The Morgan fingerprint density at radius 2 is 1.74 bits per heavy atom. The van der Waals surface area contributed by atoms with Crippen molar-refractivity contribution in [3.8, 4) is 5.88 Å². The molecular formula is C16H12F3NO3. The van der Waals surface area contributed by atoms with E-state index in [9.17, 15) is 22.8 Å². The molecule has 0 saturated carbocycles. The number of carbonyl (C=O) groups is 2. The number of hydrogen-bond acceptors (Lipinski definition) is 4. The second kappa shape index (κ2) is 7.04. The fourth-order valence-corrected chi connectivity index (χ4v) is 1.79. The van der Waals surface area contributed by atoms with Crippen LogP contribution in [-0.2, 0) is 11.4 Å². The third-order valence-corrected chi connectivity index (χ3v) is 2.93. The quantitative estimate of drug-likeness (QED) is 0.604. The summed E-state index contributed by atoms with van der Waals surface area (Å²) in [7, 11) is 0. The highest BCUT2D eigenvalue weighted by atomic mass is 19.4. The number of benzene rings is 1. The van der Waals surface area contributed by atoms with Crippen molar-refractivity contribution in [2.24, 2.45) is 0 Å². The molecule has 120 valence electrons. The Kier molecular flexibility index (Phi) is 5.10. The van der Waals surface area contributed by atoms with E-state index in [1.807, 2.05) is 6.07 Å². The molecule has 1 heterocycles. The molecule has 0 amide bonds. The van der Waals surface area contributed by atoms with Crippen LogP contribution < -0.4 is 4.74 Å². The van der Waals surface area contributed by atoms with Gasteiger partial charge in [-0.2, -0.15) is 13.2 Å².